The minimum atomic E-state index is -0.553. The second-order valence-corrected chi connectivity index (χ2v) is 14.1. The van der Waals surface area contributed by atoms with Crippen molar-refractivity contribution in [2.24, 2.45) is 0 Å². The summed E-state index contributed by atoms with van der Waals surface area (Å²) in [5.41, 5.74) is 0. The van der Waals surface area contributed by atoms with Gasteiger partial charge in [0.15, 0.2) is 0 Å². The molecule has 0 nitrogen and oxygen atoms in total. The first-order chi connectivity index (χ1) is 15.3. The van der Waals surface area contributed by atoms with Crippen LogP contribution in [0.15, 0.2) is 121 Å². The Balaban J connectivity index is 0.000000858. The summed E-state index contributed by atoms with van der Waals surface area (Å²) in [6.07, 6.45) is 0. The van der Waals surface area contributed by atoms with E-state index in [1.165, 1.54) is 21.2 Å². The normalized spacial score (nSPS) is 10.9. The summed E-state index contributed by atoms with van der Waals surface area (Å²) >= 11 is -0.106. The summed E-state index contributed by atoms with van der Waals surface area (Å²) in [7, 11) is 8.52. The van der Waals surface area contributed by atoms with Crippen LogP contribution < -0.4 is 21.2 Å². The van der Waals surface area contributed by atoms with Gasteiger partial charge in [0.1, 0.15) is 0 Å². The van der Waals surface area contributed by atoms with Crippen molar-refractivity contribution < 1.29 is 15.9 Å². The molecule has 4 rings (SSSR count). The van der Waals surface area contributed by atoms with Crippen molar-refractivity contribution in [2.45, 2.75) is 6.92 Å². The molecule has 31 heavy (non-hydrogen) atoms. The van der Waals surface area contributed by atoms with E-state index >= 15 is 0 Å². The van der Waals surface area contributed by atoms with Gasteiger partial charge in [-0.05, 0) is 0 Å². The molecule has 0 aliphatic heterocycles. The quantitative estimate of drug-likeness (QED) is 0.131. The van der Waals surface area contributed by atoms with Gasteiger partial charge in [0.25, 0.3) is 0 Å². The molecule has 0 spiro atoms. The monoisotopic (exact) mass is 573 g/mol. The molecule has 0 amide bonds. The maximum absolute atomic E-state index is 4.81. The first-order valence-electron chi connectivity index (χ1n) is 9.72. The fraction of sp³-hybridized carbons (Fsp3) is 0.0385. The molecule has 0 unspecified atom stereocenters. The summed E-state index contributed by atoms with van der Waals surface area (Å²) in [6.45, 7) is 2.37. The fourth-order valence-corrected chi connectivity index (χ4v) is 9.61. The van der Waals surface area contributed by atoms with Crippen molar-refractivity contribution >= 4 is 56.1 Å². The van der Waals surface area contributed by atoms with Crippen molar-refractivity contribution in [3.63, 3.8) is 0 Å². The zero-order chi connectivity index (χ0) is 21.9. The minimum absolute atomic E-state index is 0.106. The van der Waals surface area contributed by atoms with Crippen LogP contribution in [-0.2, 0) is 15.9 Å². The molecule has 0 aliphatic rings. The summed E-state index contributed by atoms with van der Waals surface area (Å²) in [6, 6.07) is 44.0. The van der Waals surface area contributed by atoms with Gasteiger partial charge in [-0.1, -0.05) is 143 Å². The number of benzene rings is 4. The SMILES string of the molecule is C[C-](P(c1ccccc1)c1ccccc1)P(c1ccccc1)c1ccccc1.[Cl][Pd][Cl]. The van der Waals surface area contributed by atoms with Crippen LogP contribution in [0.4, 0.5) is 0 Å². The second-order valence-electron chi connectivity index (χ2n) is 6.61. The predicted molar refractivity (Wildman–Crippen MR) is 139 cm³/mol. The summed E-state index contributed by atoms with van der Waals surface area (Å²) in [5.74, 6) is 0. The van der Waals surface area contributed by atoms with E-state index in [2.05, 4.69) is 128 Å². The van der Waals surface area contributed by atoms with Crippen molar-refractivity contribution in [1.82, 2.24) is 0 Å². The van der Waals surface area contributed by atoms with Crippen LogP contribution in [0.1, 0.15) is 6.92 Å². The fourth-order valence-electron chi connectivity index (χ4n) is 3.45. The van der Waals surface area contributed by atoms with E-state index in [0.717, 1.165) is 0 Å². The van der Waals surface area contributed by atoms with Gasteiger partial charge in [0.05, 0.1) is 0 Å². The zero-order valence-electron chi connectivity index (χ0n) is 17.0. The molecule has 0 saturated heterocycles. The first kappa shape index (κ1) is 24.6. The van der Waals surface area contributed by atoms with E-state index in [0.29, 0.717) is 0 Å². The molecule has 0 radical (unpaired) electrons. The molecule has 0 saturated carbocycles. The van der Waals surface area contributed by atoms with E-state index in [-0.39, 0.29) is 15.9 Å². The Morgan fingerprint density at radius 1 is 0.484 bits per heavy atom. The van der Waals surface area contributed by atoms with Crippen LogP contribution in [0.5, 0.6) is 0 Å². The molecular formula is C26H23Cl2P2Pd-. The topological polar surface area (TPSA) is 0 Å². The third kappa shape index (κ3) is 6.98. The van der Waals surface area contributed by atoms with Crippen LogP contribution in [-0.4, -0.2) is 0 Å². The predicted octanol–water partition coefficient (Wildman–Crippen LogP) is 7.14. The Morgan fingerprint density at radius 2 is 0.677 bits per heavy atom. The number of hydrogen-bond donors (Lipinski definition) is 0. The van der Waals surface area contributed by atoms with Crippen molar-refractivity contribution in [3.8, 4) is 0 Å². The van der Waals surface area contributed by atoms with E-state index in [1.54, 1.807) is 5.40 Å². The number of rotatable bonds is 6. The maximum atomic E-state index is 4.81. The average molecular weight is 575 g/mol. The van der Waals surface area contributed by atoms with Gasteiger partial charge >= 0.3 is 35.0 Å². The third-order valence-electron chi connectivity index (χ3n) is 4.70. The standard InChI is InChI=1S/C26H23P2.2ClH.Pd/c1-22(27(23-14-6-2-7-15-23)24-16-8-3-9-17-24)28(25-18-10-4-11-19-25)26-20-12-5-13-21-26;;;/h2-21H,1H3;2*1H;/q-1;;;+2/p-2. The molecule has 4 aromatic rings. The van der Waals surface area contributed by atoms with Crippen LogP contribution >= 0.6 is 34.9 Å². The van der Waals surface area contributed by atoms with Gasteiger partial charge < -0.3 is 0 Å². The van der Waals surface area contributed by atoms with Crippen molar-refractivity contribution in [2.75, 3.05) is 0 Å². The van der Waals surface area contributed by atoms with Gasteiger partial charge in [-0.2, -0.15) is 22.8 Å². The van der Waals surface area contributed by atoms with E-state index < -0.39 is 15.8 Å². The van der Waals surface area contributed by atoms with Gasteiger partial charge in [0.2, 0.25) is 0 Å². The Morgan fingerprint density at radius 3 is 0.871 bits per heavy atom. The molecule has 0 heterocycles. The molecule has 162 valence electrons. The Bertz CT molecular complexity index is 841. The molecular weight excluding hydrogens is 552 g/mol. The first-order valence-corrected chi connectivity index (χ1v) is 16.4. The number of halogens is 2. The van der Waals surface area contributed by atoms with Gasteiger partial charge in [0, 0.05) is 0 Å². The van der Waals surface area contributed by atoms with Crippen LogP contribution in [0.2, 0.25) is 0 Å². The average Bonchev–Trinajstić information content (AvgIpc) is 2.83. The molecule has 0 fully saturated rings. The van der Waals surface area contributed by atoms with E-state index in [9.17, 15) is 0 Å². The molecule has 0 bridgehead atoms. The number of hydrogen-bond acceptors (Lipinski definition) is 0. The summed E-state index contributed by atoms with van der Waals surface area (Å²) in [4.78, 5) is 0. The Kier molecular flexibility index (Phi) is 10.7. The summed E-state index contributed by atoms with van der Waals surface area (Å²) in [5, 5.41) is 7.24. The molecule has 0 aromatic heterocycles. The van der Waals surface area contributed by atoms with Crippen LogP contribution in [0.3, 0.4) is 0 Å². The van der Waals surface area contributed by atoms with Gasteiger partial charge in [-0.25, -0.2) is 5.40 Å². The van der Waals surface area contributed by atoms with E-state index in [4.69, 9.17) is 19.1 Å². The Hall–Kier alpha value is -1.02. The van der Waals surface area contributed by atoms with Crippen LogP contribution in [0.25, 0.3) is 0 Å². The molecule has 0 atom stereocenters. The molecule has 0 N–H and O–H groups in total. The zero-order valence-corrected chi connectivity index (χ0v) is 21.9. The van der Waals surface area contributed by atoms with Crippen molar-refractivity contribution in [3.05, 3.63) is 127 Å². The van der Waals surface area contributed by atoms with Crippen molar-refractivity contribution in [1.29, 1.82) is 0 Å². The second kappa shape index (κ2) is 13.5. The molecule has 5 heteroatoms. The Labute approximate surface area is 204 Å². The van der Waals surface area contributed by atoms with E-state index in [1.807, 2.05) is 0 Å². The molecule has 4 aromatic carbocycles. The van der Waals surface area contributed by atoms with Gasteiger partial charge in [-0.15, -0.1) is 0 Å². The van der Waals surface area contributed by atoms with Crippen LogP contribution in [0, 0.1) is 5.40 Å². The van der Waals surface area contributed by atoms with Gasteiger partial charge in [-0.3, -0.25) is 0 Å². The molecule has 0 aliphatic carbocycles. The summed E-state index contributed by atoms with van der Waals surface area (Å²) < 4.78 is 0. The third-order valence-corrected chi connectivity index (χ3v) is 10.5.